The summed E-state index contributed by atoms with van der Waals surface area (Å²) in [6.45, 7) is 0.729. The summed E-state index contributed by atoms with van der Waals surface area (Å²) in [5.74, 6) is 0.192. The lowest BCUT2D eigenvalue weighted by molar-refractivity contribution is 0.0828. The zero-order valence-corrected chi connectivity index (χ0v) is 25.2. The zero-order chi connectivity index (χ0) is 31.0. The fourth-order valence-corrected chi connectivity index (χ4v) is 5.68. The van der Waals surface area contributed by atoms with E-state index in [0.29, 0.717) is 52.5 Å². The maximum atomic E-state index is 13.6. The third-order valence-corrected chi connectivity index (χ3v) is 7.94. The number of hydrogen-bond acceptors (Lipinski definition) is 7. The van der Waals surface area contributed by atoms with E-state index in [1.54, 1.807) is 99.0 Å². The van der Waals surface area contributed by atoms with Crippen molar-refractivity contribution in [3.8, 4) is 22.6 Å². The van der Waals surface area contributed by atoms with Gasteiger partial charge in [0, 0.05) is 38.4 Å². The van der Waals surface area contributed by atoms with E-state index in [2.05, 4.69) is 15.4 Å². The molecule has 0 bridgehead atoms. The largest absolute Gasteiger partial charge is 0.496 e. The van der Waals surface area contributed by atoms with Gasteiger partial charge in [-0.1, -0.05) is 42.5 Å². The number of para-hydroxylation sites is 1. The summed E-state index contributed by atoms with van der Waals surface area (Å²) >= 11 is 0. The fraction of sp³-hybridized carbons (Fsp3) is 0.188. The minimum Gasteiger partial charge on any atom is -0.496 e. The summed E-state index contributed by atoms with van der Waals surface area (Å²) < 4.78 is 40.4. The molecule has 4 aromatic rings. The Morgan fingerprint density at radius 2 is 1.42 bits per heavy atom. The topological polar surface area (TPSA) is 126 Å². The van der Waals surface area contributed by atoms with Crippen molar-refractivity contribution >= 4 is 33.2 Å². The van der Waals surface area contributed by atoms with Crippen LogP contribution in [0.2, 0.25) is 0 Å². The van der Waals surface area contributed by atoms with Gasteiger partial charge in [0.2, 0.25) is 0 Å². The molecule has 0 aromatic heterocycles. The van der Waals surface area contributed by atoms with Crippen LogP contribution in [0.25, 0.3) is 11.1 Å². The Labute approximate surface area is 251 Å². The van der Waals surface area contributed by atoms with Crippen molar-refractivity contribution in [1.29, 1.82) is 0 Å². The molecule has 224 valence electrons. The molecule has 2 amide bonds. The standard InChI is InChI=1S/C32H34N4O6S/c1-36(2)32(38)26-13-6-5-12-25(26)22-16-17-29(42-4)30(20-22)43(39,40)35-24-11-9-10-23(21-24)33-18-19-34-31(37)27-14-7-8-15-28(27)41-3/h5-17,20-21,33,35H,18-19H2,1-4H3,(H,34,37). The summed E-state index contributed by atoms with van der Waals surface area (Å²) in [6.07, 6.45) is 0. The molecule has 0 aliphatic rings. The quantitative estimate of drug-likeness (QED) is 0.201. The number of nitrogens with zero attached hydrogens (tertiary/aromatic N) is 1. The van der Waals surface area contributed by atoms with Gasteiger partial charge in [-0.3, -0.25) is 14.3 Å². The highest BCUT2D eigenvalue weighted by Crippen LogP contribution is 2.33. The van der Waals surface area contributed by atoms with Gasteiger partial charge in [0.1, 0.15) is 16.4 Å². The maximum Gasteiger partial charge on any atom is 0.265 e. The highest BCUT2D eigenvalue weighted by atomic mass is 32.2. The molecule has 0 unspecified atom stereocenters. The van der Waals surface area contributed by atoms with Crippen LogP contribution in [-0.4, -0.2) is 66.5 Å². The van der Waals surface area contributed by atoms with Gasteiger partial charge in [0.15, 0.2) is 0 Å². The van der Waals surface area contributed by atoms with Gasteiger partial charge in [-0.25, -0.2) is 8.42 Å². The third-order valence-electron chi connectivity index (χ3n) is 6.53. The molecule has 11 heteroatoms. The summed E-state index contributed by atoms with van der Waals surface area (Å²) in [5.41, 5.74) is 3.03. The molecule has 0 atom stereocenters. The van der Waals surface area contributed by atoms with E-state index in [9.17, 15) is 18.0 Å². The molecule has 0 spiro atoms. The number of anilines is 2. The number of benzene rings is 4. The van der Waals surface area contributed by atoms with Crippen molar-refractivity contribution in [3.63, 3.8) is 0 Å². The number of carbonyl (C=O) groups excluding carboxylic acids is 2. The first-order valence-corrected chi connectivity index (χ1v) is 14.9. The Kier molecular flexibility index (Phi) is 9.89. The summed E-state index contributed by atoms with van der Waals surface area (Å²) in [7, 11) is 2.13. The van der Waals surface area contributed by atoms with Crippen molar-refractivity contribution < 1.29 is 27.5 Å². The molecular formula is C32H34N4O6S. The van der Waals surface area contributed by atoms with Gasteiger partial charge in [-0.05, 0) is 59.7 Å². The molecule has 10 nitrogen and oxygen atoms in total. The van der Waals surface area contributed by atoms with Gasteiger partial charge in [-0.2, -0.15) is 0 Å². The molecular weight excluding hydrogens is 568 g/mol. The van der Waals surface area contributed by atoms with E-state index in [0.717, 1.165) is 0 Å². The highest BCUT2D eigenvalue weighted by Gasteiger charge is 2.23. The second kappa shape index (κ2) is 13.8. The predicted octanol–water partition coefficient (Wildman–Crippen LogP) is 4.72. The lowest BCUT2D eigenvalue weighted by Gasteiger charge is -2.17. The number of hydrogen-bond donors (Lipinski definition) is 3. The lowest BCUT2D eigenvalue weighted by Crippen LogP contribution is -2.29. The van der Waals surface area contributed by atoms with Crippen molar-refractivity contribution in [2.24, 2.45) is 0 Å². The van der Waals surface area contributed by atoms with E-state index in [1.807, 2.05) is 0 Å². The lowest BCUT2D eigenvalue weighted by atomic mass is 9.99. The Bertz CT molecular complexity index is 1720. The van der Waals surface area contributed by atoms with Crippen LogP contribution in [0.3, 0.4) is 0 Å². The second-order valence-corrected chi connectivity index (χ2v) is 11.3. The van der Waals surface area contributed by atoms with Crippen molar-refractivity contribution in [2.45, 2.75) is 4.90 Å². The van der Waals surface area contributed by atoms with Gasteiger partial charge in [0.05, 0.1) is 25.5 Å². The number of methoxy groups -OCH3 is 2. The van der Waals surface area contributed by atoms with Gasteiger partial charge < -0.3 is 25.0 Å². The maximum absolute atomic E-state index is 13.6. The molecule has 0 saturated heterocycles. The molecule has 0 fully saturated rings. The van der Waals surface area contributed by atoms with E-state index in [4.69, 9.17) is 9.47 Å². The molecule has 0 radical (unpaired) electrons. The Hall–Kier alpha value is -5.03. The molecule has 43 heavy (non-hydrogen) atoms. The first-order valence-electron chi connectivity index (χ1n) is 13.4. The Balaban J connectivity index is 1.48. The summed E-state index contributed by atoms with van der Waals surface area (Å²) in [6, 6.07) is 25.6. The van der Waals surface area contributed by atoms with Gasteiger partial charge in [-0.15, -0.1) is 0 Å². The Morgan fingerprint density at radius 1 is 0.744 bits per heavy atom. The second-order valence-electron chi connectivity index (χ2n) is 9.68. The minimum absolute atomic E-state index is 0.0722. The van der Waals surface area contributed by atoms with Crippen molar-refractivity contribution in [2.75, 3.05) is 51.4 Å². The molecule has 4 rings (SSSR count). The first-order chi connectivity index (χ1) is 20.6. The molecule has 0 heterocycles. The molecule has 0 aliphatic carbocycles. The summed E-state index contributed by atoms with van der Waals surface area (Å²) in [4.78, 5) is 26.7. The smallest absolute Gasteiger partial charge is 0.265 e. The van der Waals surface area contributed by atoms with E-state index in [-0.39, 0.29) is 22.5 Å². The van der Waals surface area contributed by atoms with E-state index >= 15 is 0 Å². The van der Waals surface area contributed by atoms with Crippen LogP contribution in [0.5, 0.6) is 11.5 Å². The van der Waals surface area contributed by atoms with Gasteiger partial charge in [0.25, 0.3) is 21.8 Å². The average Bonchev–Trinajstić information content (AvgIpc) is 3.02. The van der Waals surface area contributed by atoms with E-state index < -0.39 is 10.0 Å². The van der Waals surface area contributed by atoms with Crippen molar-refractivity contribution in [3.05, 3.63) is 102 Å². The molecule has 0 saturated carbocycles. The number of ether oxygens (including phenoxy) is 2. The molecule has 3 N–H and O–H groups in total. The van der Waals surface area contributed by atoms with Crippen LogP contribution < -0.4 is 24.8 Å². The average molecular weight is 603 g/mol. The van der Waals surface area contributed by atoms with Crippen LogP contribution in [-0.2, 0) is 10.0 Å². The molecule has 4 aromatic carbocycles. The van der Waals surface area contributed by atoms with Gasteiger partial charge >= 0.3 is 0 Å². The minimum atomic E-state index is -4.09. The molecule has 0 aliphatic heterocycles. The van der Waals surface area contributed by atoms with E-state index in [1.165, 1.54) is 25.2 Å². The normalized spacial score (nSPS) is 10.9. The Morgan fingerprint density at radius 3 is 2.14 bits per heavy atom. The number of amides is 2. The number of carbonyl (C=O) groups is 2. The van der Waals surface area contributed by atoms with Crippen molar-refractivity contribution in [1.82, 2.24) is 10.2 Å². The first kappa shape index (κ1) is 30.9. The third kappa shape index (κ3) is 7.44. The highest BCUT2D eigenvalue weighted by molar-refractivity contribution is 7.92. The number of sulfonamides is 1. The zero-order valence-electron chi connectivity index (χ0n) is 24.4. The van der Waals surface area contributed by atoms with Crippen LogP contribution >= 0.6 is 0 Å². The summed E-state index contributed by atoms with van der Waals surface area (Å²) in [5, 5.41) is 6.02. The fourth-order valence-electron chi connectivity index (χ4n) is 4.43. The number of rotatable bonds is 12. The van der Waals surface area contributed by atoms with Crippen LogP contribution in [0.15, 0.2) is 95.9 Å². The number of nitrogens with one attached hydrogen (secondary N) is 3. The van der Waals surface area contributed by atoms with Crippen LogP contribution in [0, 0.1) is 0 Å². The predicted molar refractivity (Wildman–Crippen MR) is 168 cm³/mol. The monoisotopic (exact) mass is 602 g/mol. The van der Waals surface area contributed by atoms with Crippen LogP contribution in [0.1, 0.15) is 20.7 Å². The SMILES string of the molecule is COc1ccccc1C(=O)NCCNc1cccc(NS(=O)(=O)c2cc(-c3ccccc3C(=O)N(C)C)ccc2OC)c1. The van der Waals surface area contributed by atoms with Crippen LogP contribution in [0.4, 0.5) is 11.4 Å².